The van der Waals surface area contributed by atoms with E-state index in [1.54, 1.807) is 0 Å². The summed E-state index contributed by atoms with van der Waals surface area (Å²) in [6.07, 6.45) is 0.506. The van der Waals surface area contributed by atoms with Crippen molar-refractivity contribution < 1.29 is 23.1 Å². The molecule has 2 saturated heterocycles. The number of aliphatic carboxylic acids is 1. The van der Waals surface area contributed by atoms with Gasteiger partial charge in [-0.05, 0) is 6.42 Å². The molecule has 2 heterocycles. The number of carbonyl (C=O) groups is 1. The third kappa shape index (κ3) is 2.78. The van der Waals surface area contributed by atoms with Gasteiger partial charge in [0.1, 0.15) is 5.41 Å². The van der Waals surface area contributed by atoms with E-state index in [0.29, 0.717) is 32.7 Å². The van der Waals surface area contributed by atoms with Crippen molar-refractivity contribution in [3.63, 3.8) is 0 Å². The highest BCUT2D eigenvalue weighted by atomic mass is 32.2. The Morgan fingerprint density at radius 1 is 1.35 bits per heavy atom. The second kappa shape index (κ2) is 4.55. The number of ether oxygens (including phenoxy) is 1. The van der Waals surface area contributed by atoms with Gasteiger partial charge in [-0.2, -0.15) is 0 Å². The Morgan fingerprint density at radius 3 is 2.47 bits per heavy atom. The minimum atomic E-state index is -2.91. The van der Waals surface area contributed by atoms with Crippen molar-refractivity contribution in [1.29, 1.82) is 0 Å². The van der Waals surface area contributed by atoms with Crippen LogP contribution in [0.15, 0.2) is 0 Å². The quantitative estimate of drug-likeness (QED) is 0.718. The Bertz CT molecular complexity index is 385. The average molecular weight is 263 g/mol. The first kappa shape index (κ1) is 12.8. The zero-order valence-corrected chi connectivity index (χ0v) is 10.4. The van der Waals surface area contributed by atoms with E-state index < -0.39 is 21.2 Å². The lowest BCUT2D eigenvalue weighted by molar-refractivity contribution is -0.150. The number of nitrogens with zero attached hydrogens (tertiary/aromatic N) is 1. The van der Waals surface area contributed by atoms with Crippen LogP contribution in [0.1, 0.15) is 6.42 Å². The van der Waals surface area contributed by atoms with Crippen molar-refractivity contribution >= 4 is 15.8 Å². The SMILES string of the molecule is O=C(O)C1(CN2CCS(=O)(=O)CC2)CCOC1. The Morgan fingerprint density at radius 2 is 2.00 bits per heavy atom. The van der Waals surface area contributed by atoms with Crippen LogP contribution in [0.25, 0.3) is 0 Å². The van der Waals surface area contributed by atoms with Gasteiger partial charge in [-0.15, -0.1) is 0 Å². The number of carboxylic acids is 1. The number of hydrogen-bond acceptors (Lipinski definition) is 5. The van der Waals surface area contributed by atoms with E-state index in [-0.39, 0.29) is 18.1 Å². The fraction of sp³-hybridized carbons (Fsp3) is 0.900. The number of sulfone groups is 1. The van der Waals surface area contributed by atoms with Gasteiger partial charge >= 0.3 is 5.97 Å². The molecule has 98 valence electrons. The molecule has 1 unspecified atom stereocenters. The molecule has 0 aromatic heterocycles. The molecular weight excluding hydrogens is 246 g/mol. The van der Waals surface area contributed by atoms with Crippen LogP contribution in [0.5, 0.6) is 0 Å². The van der Waals surface area contributed by atoms with Gasteiger partial charge in [0.2, 0.25) is 0 Å². The number of carboxylic acid groups (broad SMARTS) is 1. The molecule has 0 saturated carbocycles. The van der Waals surface area contributed by atoms with Gasteiger partial charge in [0.05, 0.1) is 18.1 Å². The lowest BCUT2D eigenvalue weighted by Gasteiger charge is -2.33. The summed E-state index contributed by atoms with van der Waals surface area (Å²) in [5.41, 5.74) is -0.846. The fourth-order valence-electron chi connectivity index (χ4n) is 2.30. The third-order valence-corrected chi connectivity index (χ3v) is 5.13. The average Bonchev–Trinajstić information content (AvgIpc) is 2.71. The minimum Gasteiger partial charge on any atom is -0.481 e. The molecule has 2 aliphatic heterocycles. The minimum absolute atomic E-state index is 0.129. The van der Waals surface area contributed by atoms with Gasteiger partial charge in [0, 0.05) is 26.2 Å². The van der Waals surface area contributed by atoms with Crippen LogP contribution in [-0.4, -0.2) is 68.7 Å². The first-order valence-corrected chi connectivity index (χ1v) is 7.50. The molecule has 7 heteroatoms. The summed E-state index contributed by atoms with van der Waals surface area (Å²) in [5, 5.41) is 9.27. The van der Waals surface area contributed by atoms with Crippen molar-refractivity contribution in [2.24, 2.45) is 5.41 Å². The first-order chi connectivity index (χ1) is 7.94. The predicted molar refractivity (Wildman–Crippen MR) is 60.6 cm³/mol. The molecule has 1 N–H and O–H groups in total. The molecule has 1 atom stereocenters. The van der Waals surface area contributed by atoms with Crippen LogP contribution in [-0.2, 0) is 19.4 Å². The molecule has 0 aliphatic carbocycles. The number of rotatable bonds is 3. The molecule has 0 aromatic rings. The Kier molecular flexibility index (Phi) is 3.42. The van der Waals surface area contributed by atoms with E-state index >= 15 is 0 Å². The first-order valence-electron chi connectivity index (χ1n) is 5.68. The molecule has 0 spiro atoms. The highest BCUT2D eigenvalue weighted by Crippen LogP contribution is 2.30. The Labute approximate surface area is 100 Å². The topological polar surface area (TPSA) is 83.9 Å². The van der Waals surface area contributed by atoms with E-state index in [0.717, 1.165) is 0 Å². The molecule has 2 rings (SSSR count). The van der Waals surface area contributed by atoms with E-state index in [1.165, 1.54) is 0 Å². The van der Waals surface area contributed by atoms with Gasteiger partial charge < -0.3 is 14.7 Å². The maximum atomic E-state index is 11.3. The van der Waals surface area contributed by atoms with Crippen LogP contribution >= 0.6 is 0 Å². The summed E-state index contributed by atoms with van der Waals surface area (Å²) >= 11 is 0. The van der Waals surface area contributed by atoms with Crippen molar-refractivity contribution in [3.8, 4) is 0 Å². The zero-order chi connectivity index (χ0) is 12.5. The molecule has 0 aromatic carbocycles. The van der Waals surface area contributed by atoms with Gasteiger partial charge in [0.15, 0.2) is 9.84 Å². The molecular formula is C10H17NO5S. The molecule has 0 radical (unpaired) electrons. The van der Waals surface area contributed by atoms with Gasteiger partial charge in [-0.1, -0.05) is 0 Å². The molecule has 0 bridgehead atoms. The van der Waals surface area contributed by atoms with Crippen LogP contribution in [0.4, 0.5) is 0 Å². The second-order valence-electron chi connectivity index (χ2n) is 4.82. The fourth-order valence-corrected chi connectivity index (χ4v) is 3.58. The Hall–Kier alpha value is -0.660. The second-order valence-corrected chi connectivity index (χ2v) is 7.12. The van der Waals surface area contributed by atoms with Gasteiger partial charge in [-0.3, -0.25) is 4.79 Å². The van der Waals surface area contributed by atoms with E-state index in [4.69, 9.17) is 4.74 Å². The predicted octanol–water partition coefficient (Wildman–Crippen LogP) is -0.792. The lowest BCUT2D eigenvalue weighted by Crippen LogP contribution is -2.49. The number of hydrogen-bond donors (Lipinski definition) is 1. The molecule has 2 aliphatic rings. The summed E-state index contributed by atoms with van der Waals surface area (Å²) in [4.78, 5) is 13.2. The van der Waals surface area contributed by atoms with Crippen molar-refractivity contribution in [1.82, 2.24) is 4.90 Å². The maximum absolute atomic E-state index is 11.3. The van der Waals surface area contributed by atoms with Crippen LogP contribution in [0.3, 0.4) is 0 Å². The summed E-state index contributed by atoms with van der Waals surface area (Å²) in [6, 6.07) is 0. The highest BCUT2D eigenvalue weighted by Gasteiger charge is 2.44. The highest BCUT2D eigenvalue weighted by molar-refractivity contribution is 7.91. The van der Waals surface area contributed by atoms with Crippen LogP contribution in [0.2, 0.25) is 0 Å². The standard InChI is InChI=1S/C10H17NO5S/c12-9(13)10(1-4-16-8-10)7-11-2-5-17(14,15)6-3-11/h1-8H2,(H,12,13). The van der Waals surface area contributed by atoms with E-state index in [1.807, 2.05) is 4.90 Å². The monoisotopic (exact) mass is 263 g/mol. The summed E-state index contributed by atoms with van der Waals surface area (Å²) in [6.45, 7) is 1.94. The van der Waals surface area contributed by atoms with Gasteiger partial charge in [-0.25, -0.2) is 8.42 Å². The largest absolute Gasteiger partial charge is 0.481 e. The van der Waals surface area contributed by atoms with Crippen LogP contribution < -0.4 is 0 Å². The maximum Gasteiger partial charge on any atom is 0.313 e. The zero-order valence-electron chi connectivity index (χ0n) is 9.59. The van der Waals surface area contributed by atoms with Crippen LogP contribution in [0, 0.1) is 5.41 Å². The van der Waals surface area contributed by atoms with Crippen molar-refractivity contribution in [2.45, 2.75) is 6.42 Å². The normalized spacial score (nSPS) is 33.6. The molecule has 0 amide bonds. The van der Waals surface area contributed by atoms with Gasteiger partial charge in [0.25, 0.3) is 0 Å². The summed E-state index contributed by atoms with van der Waals surface area (Å²) in [5.74, 6) is -0.587. The molecule has 2 fully saturated rings. The smallest absolute Gasteiger partial charge is 0.313 e. The van der Waals surface area contributed by atoms with E-state index in [2.05, 4.69) is 0 Å². The lowest BCUT2D eigenvalue weighted by atomic mass is 9.87. The van der Waals surface area contributed by atoms with Crippen molar-refractivity contribution in [2.75, 3.05) is 44.4 Å². The summed E-state index contributed by atoms with van der Waals surface area (Å²) in [7, 11) is -2.91. The molecule has 6 nitrogen and oxygen atoms in total. The van der Waals surface area contributed by atoms with E-state index in [9.17, 15) is 18.3 Å². The molecule has 17 heavy (non-hydrogen) atoms. The third-order valence-electron chi connectivity index (χ3n) is 3.52. The van der Waals surface area contributed by atoms with Crippen molar-refractivity contribution in [3.05, 3.63) is 0 Å². The summed E-state index contributed by atoms with van der Waals surface area (Å²) < 4.78 is 27.7. The Balaban J connectivity index is 1.98.